The van der Waals surface area contributed by atoms with Crippen molar-refractivity contribution in [1.82, 2.24) is 19.4 Å². The van der Waals surface area contributed by atoms with Crippen LogP contribution in [0.15, 0.2) is 6.20 Å². The van der Waals surface area contributed by atoms with Crippen molar-refractivity contribution in [2.45, 2.75) is 20.0 Å². The molecule has 100 valence electrons. The average molecular weight is 252 g/mol. The van der Waals surface area contributed by atoms with Gasteiger partial charge in [0.1, 0.15) is 11.5 Å². The maximum Gasteiger partial charge on any atom is 0.354 e. The first-order valence-corrected chi connectivity index (χ1v) is 6.30. The van der Waals surface area contributed by atoms with Crippen molar-refractivity contribution in [1.29, 1.82) is 0 Å². The highest BCUT2D eigenvalue weighted by Crippen LogP contribution is 2.10. The van der Waals surface area contributed by atoms with E-state index < -0.39 is 5.97 Å². The standard InChI is InChI=1S/C12H20N4O2/c1-3-16-10(12(17)18)8-13-11(16)9-15-6-4-14(2)5-7-15/h8H,3-7,9H2,1-2H3,(H,17,18). The molecule has 0 radical (unpaired) electrons. The molecule has 1 fully saturated rings. The molecule has 0 spiro atoms. The van der Waals surface area contributed by atoms with Gasteiger partial charge in [0.25, 0.3) is 0 Å². The third-order valence-electron chi connectivity index (χ3n) is 3.43. The molecule has 0 aliphatic carbocycles. The van der Waals surface area contributed by atoms with Crippen molar-refractivity contribution < 1.29 is 9.90 Å². The largest absolute Gasteiger partial charge is 0.477 e. The molecule has 2 rings (SSSR count). The molecule has 6 heteroatoms. The SMILES string of the molecule is CCn1c(C(=O)O)cnc1CN1CCN(C)CC1. The summed E-state index contributed by atoms with van der Waals surface area (Å²) in [5.41, 5.74) is 0.279. The summed E-state index contributed by atoms with van der Waals surface area (Å²) >= 11 is 0. The van der Waals surface area contributed by atoms with Crippen molar-refractivity contribution in [3.8, 4) is 0 Å². The van der Waals surface area contributed by atoms with Gasteiger partial charge in [-0.2, -0.15) is 0 Å². The zero-order valence-electron chi connectivity index (χ0n) is 11.0. The fourth-order valence-corrected chi connectivity index (χ4v) is 2.27. The van der Waals surface area contributed by atoms with E-state index in [4.69, 9.17) is 5.11 Å². The molecule has 18 heavy (non-hydrogen) atoms. The molecule has 2 heterocycles. The molecule has 1 aliphatic rings. The summed E-state index contributed by atoms with van der Waals surface area (Å²) < 4.78 is 1.78. The zero-order valence-corrected chi connectivity index (χ0v) is 11.0. The van der Waals surface area contributed by atoms with Crippen LogP contribution < -0.4 is 0 Å². The first-order valence-electron chi connectivity index (χ1n) is 6.30. The van der Waals surface area contributed by atoms with Crippen LogP contribution in [0, 0.1) is 0 Å². The summed E-state index contributed by atoms with van der Waals surface area (Å²) in [5.74, 6) is -0.0616. The second-order valence-corrected chi connectivity index (χ2v) is 4.69. The third kappa shape index (κ3) is 2.70. The van der Waals surface area contributed by atoms with Crippen molar-refractivity contribution in [3.63, 3.8) is 0 Å². The Morgan fingerprint density at radius 2 is 2.06 bits per heavy atom. The Labute approximate surface area is 107 Å². The summed E-state index contributed by atoms with van der Waals surface area (Å²) in [4.78, 5) is 19.9. The van der Waals surface area contributed by atoms with Crippen molar-refractivity contribution in [2.24, 2.45) is 0 Å². The third-order valence-corrected chi connectivity index (χ3v) is 3.43. The molecule has 1 N–H and O–H groups in total. The number of aromatic carboxylic acids is 1. The highest BCUT2D eigenvalue weighted by Gasteiger charge is 2.19. The maximum absolute atomic E-state index is 11.0. The van der Waals surface area contributed by atoms with E-state index in [9.17, 15) is 4.79 Å². The first kappa shape index (κ1) is 13.0. The van der Waals surface area contributed by atoms with Gasteiger partial charge < -0.3 is 14.6 Å². The Kier molecular flexibility index (Phi) is 3.98. The molecule has 0 aromatic carbocycles. The lowest BCUT2D eigenvalue weighted by atomic mass is 10.3. The Bertz CT molecular complexity index is 422. The molecule has 1 aliphatic heterocycles. The summed E-state index contributed by atoms with van der Waals surface area (Å²) in [6.45, 7) is 7.45. The van der Waals surface area contributed by atoms with E-state index in [0.29, 0.717) is 6.54 Å². The number of carboxylic acid groups (broad SMARTS) is 1. The molecule has 0 amide bonds. The second-order valence-electron chi connectivity index (χ2n) is 4.69. The van der Waals surface area contributed by atoms with Gasteiger partial charge >= 0.3 is 5.97 Å². The number of carbonyl (C=O) groups is 1. The van der Waals surface area contributed by atoms with Crippen LogP contribution in [0.1, 0.15) is 23.2 Å². The van der Waals surface area contributed by atoms with Crippen LogP contribution in [0.3, 0.4) is 0 Å². The summed E-state index contributed by atoms with van der Waals surface area (Å²) in [7, 11) is 2.12. The average Bonchev–Trinajstić information content (AvgIpc) is 2.75. The van der Waals surface area contributed by atoms with Crippen molar-refractivity contribution >= 4 is 5.97 Å². The Hall–Kier alpha value is -1.40. The van der Waals surface area contributed by atoms with Gasteiger partial charge in [-0.3, -0.25) is 4.90 Å². The van der Waals surface area contributed by atoms with Gasteiger partial charge in [0.15, 0.2) is 0 Å². The van der Waals surface area contributed by atoms with Crippen molar-refractivity contribution in [3.05, 3.63) is 17.7 Å². The second kappa shape index (κ2) is 5.49. The number of rotatable bonds is 4. The van der Waals surface area contributed by atoms with E-state index in [1.807, 2.05) is 6.92 Å². The lowest BCUT2D eigenvalue weighted by molar-refractivity contribution is 0.0684. The van der Waals surface area contributed by atoms with Crippen LogP contribution in [-0.2, 0) is 13.1 Å². The highest BCUT2D eigenvalue weighted by atomic mass is 16.4. The molecular formula is C12H20N4O2. The van der Waals surface area contributed by atoms with Crippen LogP contribution in [0.4, 0.5) is 0 Å². The number of imidazole rings is 1. The highest BCUT2D eigenvalue weighted by molar-refractivity contribution is 5.85. The van der Waals surface area contributed by atoms with E-state index in [-0.39, 0.29) is 5.69 Å². The Morgan fingerprint density at radius 3 is 2.61 bits per heavy atom. The van der Waals surface area contributed by atoms with Gasteiger partial charge in [0, 0.05) is 32.7 Å². The van der Waals surface area contributed by atoms with Gasteiger partial charge in [0.05, 0.1) is 12.7 Å². The number of hydrogen-bond acceptors (Lipinski definition) is 4. The normalized spacial score (nSPS) is 18.1. The van der Waals surface area contributed by atoms with Gasteiger partial charge in [-0.15, -0.1) is 0 Å². The minimum Gasteiger partial charge on any atom is -0.477 e. The molecule has 1 saturated heterocycles. The van der Waals surface area contributed by atoms with Gasteiger partial charge in [0.2, 0.25) is 0 Å². The minimum atomic E-state index is -0.908. The summed E-state index contributed by atoms with van der Waals surface area (Å²) in [5, 5.41) is 9.07. The fraction of sp³-hybridized carbons (Fsp3) is 0.667. The smallest absolute Gasteiger partial charge is 0.354 e. The number of hydrogen-bond donors (Lipinski definition) is 1. The van der Waals surface area contributed by atoms with E-state index >= 15 is 0 Å². The number of piperazine rings is 1. The minimum absolute atomic E-state index is 0.279. The van der Waals surface area contributed by atoms with Crippen LogP contribution >= 0.6 is 0 Å². The lowest BCUT2D eigenvalue weighted by Gasteiger charge is -2.32. The Balaban J connectivity index is 2.07. The number of aromatic nitrogens is 2. The molecule has 6 nitrogen and oxygen atoms in total. The number of nitrogens with zero attached hydrogens (tertiary/aromatic N) is 4. The van der Waals surface area contributed by atoms with Crippen LogP contribution in [0.25, 0.3) is 0 Å². The molecule has 1 aromatic rings. The fourth-order valence-electron chi connectivity index (χ4n) is 2.27. The molecule has 0 bridgehead atoms. The molecule has 1 aromatic heterocycles. The van der Waals surface area contributed by atoms with Crippen LogP contribution in [-0.4, -0.2) is 63.7 Å². The molecule has 0 unspecified atom stereocenters. The van der Waals surface area contributed by atoms with Crippen molar-refractivity contribution in [2.75, 3.05) is 33.2 Å². The quantitative estimate of drug-likeness (QED) is 0.837. The monoisotopic (exact) mass is 252 g/mol. The zero-order chi connectivity index (χ0) is 13.1. The summed E-state index contributed by atoms with van der Waals surface area (Å²) in [6.07, 6.45) is 1.46. The number of likely N-dealkylation sites (N-methyl/N-ethyl adjacent to an activating group) is 1. The first-order chi connectivity index (χ1) is 8.61. The van der Waals surface area contributed by atoms with E-state index in [1.165, 1.54) is 6.20 Å². The predicted octanol–water partition coefficient (Wildman–Crippen LogP) is 0.349. The number of carboxylic acids is 1. The van der Waals surface area contributed by atoms with Gasteiger partial charge in [-0.25, -0.2) is 9.78 Å². The van der Waals surface area contributed by atoms with E-state index in [0.717, 1.165) is 38.5 Å². The summed E-state index contributed by atoms with van der Waals surface area (Å²) in [6, 6.07) is 0. The van der Waals surface area contributed by atoms with Crippen LogP contribution in [0.2, 0.25) is 0 Å². The lowest BCUT2D eigenvalue weighted by Crippen LogP contribution is -2.44. The molecular weight excluding hydrogens is 232 g/mol. The van der Waals surface area contributed by atoms with E-state index in [1.54, 1.807) is 4.57 Å². The molecule has 0 saturated carbocycles. The topological polar surface area (TPSA) is 61.6 Å². The Morgan fingerprint density at radius 1 is 1.39 bits per heavy atom. The van der Waals surface area contributed by atoms with E-state index in [2.05, 4.69) is 21.8 Å². The molecule has 0 atom stereocenters. The maximum atomic E-state index is 11.0. The predicted molar refractivity (Wildman–Crippen MR) is 67.6 cm³/mol. The van der Waals surface area contributed by atoms with Gasteiger partial charge in [-0.1, -0.05) is 0 Å². The van der Waals surface area contributed by atoms with Gasteiger partial charge in [-0.05, 0) is 14.0 Å². The van der Waals surface area contributed by atoms with Crippen LogP contribution in [0.5, 0.6) is 0 Å².